The summed E-state index contributed by atoms with van der Waals surface area (Å²) in [6, 6.07) is 9.22. The standard InChI is InChI=1S/C11H15NO3S/c1-16(14,15)10-9(11(10,12)7-13)8-5-3-2-4-6-8/h2-6,9-10,13H,7,12H2,1H3/t9-,10+,11+/m1/s1. The second-order valence-corrected chi connectivity index (χ2v) is 6.58. The first-order valence-corrected chi connectivity index (χ1v) is 7.00. The molecule has 0 aromatic heterocycles. The van der Waals surface area contributed by atoms with Crippen LogP contribution in [-0.4, -0.2) is 37.2 Å². The lowest BCUT2D eigenvalue weighted by Crippen LogP contribution is -2.34. The molecule has 3 N–H and O–H groups in total. The van der Waals surface area contributed by atoms with Crippen LogP contribution in [0.1, 0.15) is 11.5 Å². The summed E-state index contributed by atoms with van der Waals surface area (Å²) in [6.45, 7) is -0.315. The fraction of sp³-hybridized carbons (Fsp3) is 0.455. The van der Waals surface area contributed by atoms with E-state index in [1.807, 2.05) is 30.3 Å². The van der Waals surface area contributed by atoms with Gasteiger partial charge in [-0.1, -0.05) is 30.3 Å². The molecule has 0 amide bonds. The van der Waals surface area contributed by atoms with Crippen LogP contribution in [0, 0.1) is 0 Å². The Morgan fingerprint density at radius 1 is 1.38 bits per heavy atom. The Morgan fingerprint density at radius 3 is 2.31 bits per heavy atom. The quantitative estimate of drug-likeness (QED) is 0.773. The van der Waals surface area contributed by atoms with E-state index in [-0.39, 0.29) is 12.5 Å². The molecule has 4 nitrogen and oxygen atoms in total. The van der Waals surface area contributed by atoms with Gasteiger partial charge in [0.05, 0.1) is 17.4 Å². The zero-order valence-corrected chi connectivity index (χ0v) is 9.81. The molecule has 88 valence electrons. The average Bonchev–Trinajstić information content (AvgIpc) is 2.87. The van der Waals surface area contributed by atoms with E-state index in [9.17, 15) is 13.5 Å². The Balaban J connectivity index is 2.38. The van der Waals surface area contributed by atoms with Crippen molar-refractivity contribution in [2.75, 3.05) is 12.9 Å². The molecule has 16 heavy (non-hydrogen) atoms. The molecule has 0 heterocycles. The van der Waals surface area contributed by atoms with Crippen molar-refractivity contribution in [3.05, 3.63) is 35.9 Å². The van der Waals surface area contributed by atoms with Crippen LogP contribution in [-0.2, 0) is 9.84 Å². The molecule has 1 aliphatic rings. The summed E-state index contributed by atoms with van der Waals surface area (Å²) < 4.78 is 23.1. The number of aliphatic hydroxyl groups excluding tert-OH is 1. The van der Waals surface area contributed by atoms with Crippen molar-refractivity contribution in [1.82, 2.24) is 0 Å². The van der Waals surface area contributed by atoms with Crippen LogP contribution in [0.5, 0.6) is 0 Å². The highest BCUT2D eigenvalue weighted by molar-refractivity contribution is 7.91. The molecule has 0 bridgehead atoms. The largest absolute Gasteiger partial charge is 0.394 e. The Morgan fingerprint density at radius 2 is 1.94 bits per heavy atom. The number of nitrogens with two attached hydrogens (primary N) is 1. The predicted molar refractivity (Wildman–Crippen MR) is 61.8 cm³/mol. The van der Waals surface area contributed by atoms with Gasteiger partial charge in [-0.2, -0.15) is 0 Å². The van der Waals surface area contributed by atoms with E-state index < -0.39 is 20.6 Å². The summed E-state index contributed by atoms with van der Waals surface area (Å²) in [5.41, 5.74) is 5.77. The molecule has 0 unspecified atom stereocenters. The van der Waals surface area contributed by atoms with E-state index in [1.165, 1.54) is 0 Å². The van der Waals surface area contributed by atoms with Gasteiger partial charge in [-0.3, -0.25) is 0 Å². The van der Waals surface area contributed by atoms with Crippen LogP contribution in [0.2, 0.25) is 0 Å². The Hall–Kier alpha value is -0.910. The van der Waals surface area contributed by atoms with Gasteiger partial charge in [0.1, 0.15) is 0 Å². The summed E-state index contributed by atoms with van der Waals surface area (Å²) in [7, 11) is -3.23. The third kappa shape index (κ3) is 1.65. The minimum atomic E-state index is -3.23. The lowest BCUT2D eigenvalue weighted by Gasteiger charge is -2.06. The molecule has 0 spiro atoms. The molecule has 1 aromatic rings. The van der Waals surface area contributed by atoms with Gasteiger partial charge in [-0.15, -0.1) is 0 Å². The number of hydrogen-bond acceptors (Lipinski definition) is 4. The van der Waals surface area contributed by atoms with Crippen molar-refractivity contribution in [1.29, 1.82) is 0 Å². The Labute approximate surface area is 95.0 Å². The monoisotopic (exact) mass is 241 g/mol. The molecule has 1 fully saturated rings. The van der Waals surface area contributed by atoms with Gasteiger partial charge >= 0.3 is 0 Å². The highest BCUT2D eigenvalue weighted by Gasteiger charge is 2.67. The van der Waals surface area contributed by atoms with Crippen molar-refractivity contribution in [3.8, 4) is 0 Å². The van der Waals surface area contributed by atoms with Gasteiger partial charge < -0.3 is 10.8 Å². The molecule has 0 aliphatic heterocycles. The first-order valence-electron chi connectivity index (χ1n) is 5.05. The fourth-order valence-corrected chi connectivity index (χ4v) is 4.25. The summed E-state index contributed by atoms with van der Waals surface area (Å²) in [5, 5.41) is 8.57. The SMILES string of the molecule is CS(=O)(=O)[C@H]1[C@@H](c2ccccc2)[C@@]1(N)CO. The average molecular weight is 241 g/mol. The van der Waals surface area contributed by atoms with E-state index in [1.54, 1.807) is 0 Å². The zero-order chi connectivity index (χ0) is 12.0. The van der Waals surface area contributed by atoms with Crippen molar-refractivity contribution < 1.29 is 13.5 Å². The maximum Gasteiger partial charge on any atom is 0.152 e. The third-order valence-corrected chi connectivity index (χ3v) is 4.83. The van der Waals surface area contributed by atoms with Crippen LogP contribution >= 0.6 is 0 Å². The molecular weight excluding hydrogens is 226 g/mol. The van der Waals surface area contributed by atoms with Gasteiger partial charge in [0.15, 0.2) is 9.84 Å². The van der Waals surface area contributed by atoms with Gasteiger partial charge in [-0.25, -0.2) is 8.42 Å². The fourth-order valence-electron chi connectivity index (χ4n) is 2.40. The second kappa shape index (κ2) is 3.55. The van der Waals surface area contributed by atoms with Gasteiger partial charge in [0.25, 0.3) is 0 Å². The Bertz CT molecular complexity index is 485. The lowest BCUT2D eigenvalue weighted by atomic mass is 10.1. The van der Waals surface area contributed by atoms with Crippen molar-refractivity contribution in [2.45, 2.75) is 16.7 Å². The highest BCUT2D eigenvalue weighted by atomic mass is 32.2. The number of hydrogen-bond donors (Lipinski definition) is 2. The molecule has 1 saturated carbocycles. The molecule has 0 saturated heterocycles. The molecule has 1 aliphatic carbocycles. The van der Waals surface area contributed by atoms with Gasteiger partial charge in [0, 0.05) is 12.2 Å². The van der Waals surface area contributed by atoms with E-state index in [2.05, 4.69) is 0 Å². The molecule has 2 rings (SSSR count). The molecular formula is C11H15NO3S. The van der Waals surface area contributed by atoms with Crippen molar-refractivity contribution in [2.24, 2.45) is 5.73 Å². The third-order valence-electron chi connectivity index (χ3n) is 3.20. The van der Waals surface area contributed by atoms with E-state index in [0.717, 1.165) is 11.8 Å². The maximum atomic E-state index is 11.6. The summed E-state index contributed by atoms with van der Waals surface area (Å²) in [4.78, 5) is 0. The topological polar surface area (TPSA) is 80.4 Å². The van der Waals surface area contributed by atoms with Crippen molar-refractivity contribution >= 4 is 9.84 Å². The summed E-state index contributed by atoms with van der Waals surface area (Å²) in [6.07, 6.45) is 1.16. The Kier molecular flexibility index (Phi) is 2.57. The van der Waals surface area contributed by atoms with Crippen molar-refractivity contribution in [3.63, 3.8) is 0 Å². The molecule has 0 radical (unpaired) electrons. The molecule has 5 heteroatoms. The number of sulfone groups is 1. The van der Waals surface area contributed by atoms with Crippen LogP contribution < -0.4 is 5.73 Å². The minimum absolute atomic E-state index is 0.298. The first kappa shape index (κ1) is 11.6. The zero-order valence-electron chi connectivity index (χ0n) is 9.00. The smallest absolute Gasteiger partial charge is 0.152 e. The van der Waals surface area contributed by atoms with E-state index >= 15 is 0 Å². The van der Waals surface area contributed by atoms with Crippen LogP contribution in [0.15, 0.2) is 30.3 Å². The summed E-state index contributed by atoms with van der Waals surface area (Å²) >= 11 is 0. The highest BCUT2D eigenvalue weighted by Crippen LogP contribution is 2.53. The second-order valence-electron chi connectivity index (χ2n) is 4.41. The number of aliphatic hydroxyl groups is 1. The predicted octanol–water partition coefficient (Wildman–Crippen LogP) is -0.113. The minimum Gasteiger partial charge on any atom is -0.394 e. The number of rotatable bonds is 3. The van der Waals surface area contributed by atoms with Gasteiger partial charge in [-0.05, 0) is 5.56 Å². The molecule has 3 atom stereocenters. The molecule has 1 aromatic carbocycles. The van der Waals surface area contributed by atoms with Gasteiger partial charge in [0.2, 0.25) is 0 Å². The van der Waals surface area contributed by atoms with E-state index in [4.69, 9.17) is 5.73 Å². The van der Waals surface area contributed by atoms with Crippen LogP contribution in [0.25, 0.3) is 0 Å². The lowest BCUT2D eigenvalue weighted by molar-refractivity contribution is 0.253. The first-order chi connectivity index (χ1) is 7.41. The van der Waals surface area contributed by atoms with E-state index in [0.29, 0.717) is 0 Å². The normalized spacial score (nSPS) is 33.7. The van der Waals surface area contributed by atoms with Crippen LogP contribution in [0.4, 0.5) is 0 Å². The summed E-state index contributed by atoms with van der Waals surface area (Å²) in [5.74, 6) is -0.298. The number of benzene rings is 1. The van der Waals surface area contributed by atoms with Crippen LogP contribution in [0.3, 0.4) is 0 Å². The maximum absolute atomic E-state index is 11.6.